The Morgan fingerprint density at radius 2 is 1.43 bits per heavy atom. The molecule has 1 atom stereocenters. The number of primary amides is 1. The fraction of sp³-hybridized carbons (Fsp3) is 0.917. The smallest absolute Gasteiger partial charge is 0.220 e. The third kappa shape index (κ3) is 4.64. The van der Waals surface area contributed by atoms with Crippen molar-refractivity contribution in [2.45, 2.75) is 59.3 Å². The molecule has 0 aromatic heterocycles. The van der Waals surface area contributed by atoms with Crippen LogP contribution in [-0.2, 0) is 4.79 Å². The van der Waals surface area contributed by atoms with Crippen LogP contribution in [-0.4, -0.2) is 5.91 Å². The normalized spacial score (nSPS) is 13.1. The van der Waals surface area contributed by atoms with E-state index in [1.54, 1.807) is 0 Å². The van der Waals surface area contributed by atoms with Crippen molar-refractivity contribution >= 4 is 5.91 Å². The monoisotopic (exact) mass is 199 g/mol. The number of carbonyl (C=O) groups excluding carboxylic acids is 1. The Morgan fingerprint density at radius 1 is 1.00 bits per heavy atom. The summed E-state index contributed by atoms with van der Waals surface area (Å²) in [6, 6.07) is 0. The van der Waals surface area contributed by atoms with Gasteiger partial charge in [0, 0.05) is 5.92 Å². The minimum Gasteiger partial charge on any atom is -0.369 e. The lowest BCUT2D eigenvalue weighted by molar-refractivity contribution is -0.123. The van der Waals surface area contributed by atoms with Gasteiger partial charge in [-0.05, 0) is 25.2 Å². The number of carbonyl (C=O) groups is 1. The van der Waals surface area contributed by atoms with Crippen molar-refractivity contribution in [3.8, 4) is 0 Å². The Balaban J connectivity index is 4.29. The first-order valence-electron chi connectivity index (χ1n) is 5.96. The molecule has 0 rings (SSSR count). The molecule has 0 radical (unpaired) electrons. The molecule has 0 fully saturated rings. The Bertz CT molecular complexity index is 150. The van der Waals surface area contributed by atoms with Crippen molar-refractivity contribution in [1.82, 2.24) is 0 Å². The van der Waals surface area contributed by atoms with Crippen LogP contribution in [0.4, 0.5) is 0 Å². The molecule has 0 spiro atoms. The first kappa shape index (κ1) is 13.5. The Morgan fingerprint density at radius 3 is 1.71 bits per heavy atom. The van der Waals surface area contributed by atoms with Crippen LogP contribution in [0.3, 0.4) is 0 Å². The maximum absolute atomic E-state index is 11.3. The van der Waals surface area contributed by atoms with Gasteiger partial charge in [0.05, 0.1) is 0 Å². The molecule has 0 aliphatic heterocycles. The summed E-state index contributed by atoms with van der Waals surface area (Å²) in [6.45, 7) is 6.46. The summed E-state index contributed by atoms with van der Waals surface area (Å²) >= 11 is 0. The van der Waals surface area contributed by atoms with Gasteiger partial charge in [0.25, 0.3) is 0 Å². The van der Waals surface area contributed by atoms with Gasteiger partial charge in [-0.3, -0.25) is 4.79 Å². The quantitative estimate of drug-likeness (QED) is 0.641. The maximum atomic E-state index is 11.3. The zero-order valence-corrected chi connectivity index (χ0v) is 9.88. The number of hydrogen-bond donors (Lipinski definition) is 1. The van der Waals surface area contributed by atoms with Gasteiger partial charge in [-0.1, -0.05) is 40.0 Å². The standard InChI is InChI=1S/C12H25NO/c1-4-7-10(8-5-2)11(9-6-3)12(13)14/h10-11H,4-9H2,1-3H3,(H2,13,14). The molecule has 2 heteroatoms. The van der Waals surface area contributed by atoms with Crippen LogP contribution < -0.4 is 5.73 Å². The van der Waals surface area contributed by atoms with E-state index in [9.17, 15) is 4.79 Å². The summed E-state index contributed by atoms with van der Waals surface area (Å²) in [5, 5.41) is 0. The van der Waals surface area contributed by atoms with E-state index >= 15 is 0 Å². The highest BCUT2D eigenvalue weighted by molar-refractivity contribution is 5.76. The van der Waals surface area contributed by atoms with Gasteiger partial charge in [-0.25, -0.2) is 0 Å². The molecule has 0 aliphatic rings. The van der Waals surface area contributed by atoms with Crippen LogP contribution in [0.15, 0.2) is 0 Å². The zero-order valence-electron chi connectivity index (χ0n) is 9.88. The van der Waals surface area contributed by atoms with Crippen molar-refractivity contribution < 1.29 is 4.79 Å². The summed E-state index contributed by atoms with van der Waals surface area (Å²) in [7, 11) is 0. The average Bonchev–Trinajstić information content (AvgIpc) is 2.13. The molecule has 2 N–H and O–H groups in total. The molecule has 84 valence electrons. The topological polar surface area (TPSA) is 43.1 Å². The fourth-order valence-electron chi connectivity index (χ4n) is 2.21. The molecule has 0 heterocycles. The first-order chi connectivity index (χ1) is 6.67. The molecule has 1 amide bonds. The predicted octanol–water partition coefficient (Wildman–Crippen LogP) is 3.10. The van der Waals surface area contributed by atoms with Crippen LogP contribution >= 0.6 is 0 Å². The second kappa shape index (κ2) is 7.84. The van der Waals surface area contributed by atoms with Crippen molar-refractivity contribution in [2.24, 2.45) is 17.6 Å². The minimum atomic E-state index is -0.0984. The SMILES string of the molecule is CCCC(CCC)C(CCC)C(N)=O. The van der Waals surface area contributed by atoms with Gasteiger partial charge in [0.15, 0.2) is 0 Å². The summed E-state index contributed by atoms with van der Waals surface area (Å²) in [4.78, 5) is 11.3. The van der Waals surface area contributed by atoms with Gasteiger partial charge in [-0.15, -0.1) is 0 Å². The summed E-state index contributed by atoms with van der Waals surface area (Å²) in [5.74, 6) is 0.529. The molecule has 2 nitrogen and oxygen atoms in total. The highest BCUT2D eigenvalue weighted by Crippen LogP contribution is 2.26. The lowest BCUT2D eigenvalue weighted by atomic mass is 9.82. The molecule has 0 aromatic carbocycles. The van der Waals surface area contributed by atoms with Crippen molar-refractivity contribution in [3.63, 3.8) is 0 Å². The summed E-state index contributed by atoms with van der Waals surface area (Å²) < 4.78 is 0. The Labute approximate surface area is 88.3 Å². The molecule has 0 saturated carbocycles. The van der Waals surface area contributed by atoms with Crippen LogP contribution in [0, 0.1) is 11.8 Å². The van der Waals surface area contributed by atoms with Gasteiger partial charge in [0.1, 0.15) is 0 Å². The molecule has 1 unspecified atom stereocenters. The molecular weight excluding hydrogens is 174 g/mol. The van der Waals surface area contributed by atoms with E-state index in [1.807, 2.05) is 0 Å². The molecule has 0 saturated heterocycles. The van der Waals surface area contributed by atoms with Gasteiger partial charge < -0.3 is 5.73 Å². The van der Waals surface area contributed by atoms with Crippen LogP contribution in [0.1, 0.15) is 59.3 Å². The molecule has 0 aliphatic carbocycles. The zero-order chi connectivity index (χ0) is 11.0. The lowest BCUT2D eigenvalue weighted by Gasteiger charge is -2.23. The first-order valence-corrected chi connectivity index (χ1v) is 5.96. The van der Waals surface area contributed by atoms with E-state index in [0.29, 0.717) is 5.92 Å². The van der Waals surface area contributed by atoms with Gasteiger partial charge >= 0.3 is 0 Å². The van der Waals surface area contributed by atoms with Crippen molar-refractivity contribution in [1.29, 1.82) is 0 Å². The number of nitrogens with two attached hydrogens (primary N) is 1. The fourth-order valence-corrected chi connectivity index (χ4v) is 2.21. The number of hydrogen-bond acceptors (Lipinski definition) is 1. The average molecular weight is 199 g/mol. The lowest BCUT2D eigenvalue weighted by Crippen LogP contribution is -2.30. The second-order valence-corrected chi connectivity index (χ2v) is 4.13. The highest BCUT2D eigenvalue weighted by Gasteiger charge is 2.23. The highest BCUT2D eigenvalue weighted by atomic mass is 16.1. The van der Waals surface area contributed by atoms with Crippen LogP contribution in [0.2, 0.25) is 0 Å². The second-order valence-electron chi connectivity index (χ2n) is 4.13. The molecule has 0 aromatic rings. The largest absolute Gasteiger partial charge is 0.369 e. The maximum Gasteiger partial charge on any atom is 0.220 e. The van der Waals surface area contributed by atoms with Gasteiger partial charge in [0.2, 0.25) is 5.91 Å². The third-order valence-electron chi connectivity index (χ3n) is 2.85. The van der Waals surface area contributed by atoms with E-state index in [1.165, 1.54) is 0 Å². The van der Waals surface area contributed by atoms with E-state index in [4.69, 9.17) is 5.73 Å². The number of amides is 1. The molecule has 0 bridgehead atoms. The van der Waals surface area contributed by atoms with E-state index in [0.717, 1.165) is 38.5 Å². The van der Waals surface area contributed by atoms with E-state index in [2.05, 4.69) is 20.8 Å². The van der Waals surface area contributed by atoms with Crippen LogP contribution in [0.5, 0.6) is 0 Å². The summed E-state index contributed by atoms with van der Waals surface area (Å²) in [5.41, 5.74) is 5.45. The van der Waals surface area contributed by atoms with Gasteiger partial charge in [-0.2, -0.15) is 0 Å². The Kier molecular flexibility index (Phi) is 7.54. The van der Waals surface area contributed by atoms with Crippen molar-refractivity contribution in [2.75, 3.05) is 0 Å². The minimum absolute atomic E-state index is 0.0984. The van der Waals surface area contributed by atoms with E-state index < -0.39 is 0 Å². The van der Waals surface area contributed by atoms with Crippen LogP contribution in [0.25, 0.3) is 0 Å². The molecular formula is C12H25NO. The Hall–Kier alpha value is -0.530. The number of rotatable bonds is 8. The van der Waals surface area contributed by atoms with Crippen molar-refractivity contribution in [3.05, 3.63) is 0 Å². The third-order valence-corrected chi connectivity index (χ3v) is 2.85. The summed E-state index contributed by atoms with van der Waals surface area (Å²) in [6.07, 6.45) is 6.59. The molecule has 14 heavy (non-hydrogen) atoms. The van der Waals surface area contributed by atoms with E-state index in [-0.39, 0.29) is 11.8 Å². The predicted molar refractivity (Wildman–Crippen MR) is 60.9 cm³/mol.